The maximum Gasteiger partial charge on any atom is 0.355 e. The molecule has 0 N–H and O–H groups in total. The molecule has 2 aromatic carbocycles. The highest BCUT2D eigenvalue weighted by Gasteiger charge is 2.59. The number of esters is 1. The van der Waals surface area contributed by atoms with Crippen molar-refractivity contribution in [2.24, 2.45) is 11.0 Å². The maximum atomic E-state index is 13.3. The van der Waals surface area contributed by atoms with Gasteiger partial charge in [-0.05, 0) is 36.4 Å². The van der Waals surface area contributed by atoms with Gasteiger partial charge in [0.25, 0.3) is 5.91 Å². The van der Waals surface area contributed by atoms with Gasteiger partial charge in [0.2, 0.25) is 5.91 Å². The molecule has 9 heteroatoms. The van der Waals surface area contributed by atoms with Crippen molar-refractivity contribution in [3.63, 3.8) is 0 Å². The molecule has 148 valence electrons. The van der Waals surface area contributed by atoms with Crippen LogP contribution in [0, 0.1) is 5.92 Å². The zero-order chi connectivity index (χ0) is 20.7. The predicted molar refractivity (Wildman–Crippen MR) is 109 cm³/mol. The number of hydrogen-bond acceptors (Lipinski definition) is 7. The van der Waals surface area contributed by atoms with Gasteiger partial charge < -0.3 is 9.47 Å². The van der Waals surface area contributed by atoms with E-state index in [4.69, 9.17) is 9.47 Å². The fraction of sp³-hybridized carbons (Fsp3) is 0.200. The molecule has 0 aliphatic carbocycles. The molecule has 2 amide bonds. The van der Waals surface area contributed by atoms with Crippen LogP contribution >= 0.6 is 15.9 Å². The lowest BCUT2D eigenvalue weighted by molar-refractivity contribution is -0.133. The molecule has 0 unspecified atom stereocenters. The van der Waals surface area contributed by atoms with Gasteiger partial charge in [-0.2, -0.15) is 5.10 Å². The van der Waals surface area contributed by atoms with Gasteiger partial charge >= 0.3 is 5.97 Å². The van der Waals surface area contributed by atoms with Crippen molar-refractivity contribution in [2.75, 3.05) is 24.1 Å². The average Bonchev–Trinajstić information content (AvgIpc) is 3.25. The molecule has 0 aromatic heterocycles. The summed E-state index contributed by atoms with van der Waals surface area (Å²) in [5.74, 6) is -2.48. The minimum atomic E-state index is -1.07. The standard InChI is InChI=1S/C20H16BrN3O5/c1-28-14-6-4-3-5-13(14)23-18(25)15-16(20(27)29-2)22-24(17(15)19(23)26)12-9-7-11(21)8-10-12/h3-10,15,17H,1-2H3/t15-,17+/m1/s1. The van der Waals surface area contributed by atoms with E-state index in [-0.39, 0.29) is 5.71 Å². The molecule has 29 heavy (non-hydrogen) atoms. The molecule has 2 atom stereocenters. The van der Waals surface area contributed by atoms with Gasteiger partial charge in [-0.15, -0.1) is 0 Å². The number of methoxy groups -OCH3 is 2. The van der Waals surface area contributed by atoms with E-state index in [2.05, 4.69) is 21.0 Å². The first-order chi connectivity index (χ1) is 14.0. The fourth-order valence-corrected chi connectivity index (χ4v) is 3.81. The Hall–Kier alpha value is -3.20. The quantitative estimate of drug-likeness (QED) is 0.517. The minimum Gasteiger partial charge on any atom is -0.495 e. The molecule has 1 fully saturated rings. The van der Waals surface area contributed by atoms with Crippen LogP contribution in [0.4, 0.5) is 11.4 Å². The van der Waals surface area contributed by atoms with Gasteiger partial charge in [-0.25, -0.2) is 9.69 Å². The van der Waals surface area contributed by atoms with Crippen LogP contribution in [0.2, 0.25) is 0 Å². The van der Waals surface area contributed by atoms with Crippen molar-refractivity contribution < 1.29 is 23.9 Å². The lowest BCUT2D eigenvalue weighted by Crippen LogP contribution is -2.39. The molecule has 1 saturated heterocycles. The van der Waals surface area contributed by atoms with E-state index in [0.29, 0.717) is 17.1 Å². The molecule has 2 aliphatic rings. The van der Waals surface area contributed by atoms with E-state index < -0.39 is 29.7 Å². The Kier molecular flexibility index (Phi) is 4.83. The predicted octanol–water partition coefficient (Wildman–Crippen LogP) is 2.36. The Labute approximate surface area is 174 Å². The third-order valence-corrected chi connectivity index (χ3v) is 5.39. The number of halogens is 1. The molecule has 0 bridgehead atoms. The van der Waals surface area contributed by atoms with Crippen LogP contribution in [0.25, 0.3) is 0 Å². The number of ether oxygens (including phenoxy) is 2. The number of anilines is 2. The van der Waals surface area contributed by atoms with Gasteiger partial charge in [0.1, 0.15) is 17.7 Å². The first kappa shape index (κ1) is 19.1. The van der Waals surface area contributed by atoms with Crippen LogP contribution in [-0.2, 0) is 19.1 Å². The van der Waals surface area contributed by atoms with E-state index in [0.717, 1.165) is 9.37 Å². The number of rotatable bonds is 4. The number of hydrogen-bond donors (Lipinski definition) is 0. The van der Waals surface area contributed by atoms with Gasteiger partial charge in [0, 0.05) is 4.47 Å². The Morgan fingerprint density at radius 2 is 1.72 bits per heavy atom. The first-order valence-electron chi connectivity index (χ1n) is 8.70. The summed E-state index contributed by atoms with van der Waals surface area (Å²) in [5.41, 5.74) is 0.792. The Balaban J connectivity index is 1.82. The second-order valence-corrected chi connectivity index (χ2v) is 7.32. The molecule has 0 saturated carbocycles. The van der Waals surface area contributed by atoms with E-state index in [1.165, 1.54) is 19.2 Å². The number of fused-ring (bicyclic) bond motifs is 1. The summed E-state index contributed by atoms with van der Waals surface area (Å²) >= 11 is 3.36. The summed E-state index contributed by atoms with van der Waals surface area (Å²) in [6.45, 7) is 0. The van der Waals surface area contributed by atoms with Crippen molar-refractivity contribution in [2.45, 2.75) is 6.04 Å². The number of amides is 2. The normalized spacial score (nSPS) is 20.6. The fourth-order valence-electron chi connectivity index (χ4n) is 3.55. The molecule has 4 rings (SSSR count). The lowest BCUT2D eigenvalue weighted by Gasteiger charge is -2.22. The van der Waals surface area contributed by atoms with Gasteiger partial charge in [-0.1, -0.05) is 28.1 Å². The molecular formula is C20H16BrN3O5. The van der Waals surface area contributed by atoms with E-state index in [9.17, 15) is 14.4 Å². The molecule has 0 spiro atoms. The topological polar surface area (TPSA) is 88.5 Å². The van der Waals surface area contributed by atoms with Crippen molar-refractivity contribution in [3.05, 3.63) is 53.0 Å². The number of para-hydroxylation sites is 2. The van der Waals surface area contributed by atoms with Crippen LogP contribution < -0.4 is 14.6 Å². The van der Waals surface area contributed by atoms with Crippen LogP contribution in [0.1, 0.15) is 0 Å². The van der Waals surface area contributed by atoms with Gasteiger partial charge in [0.05, 0.1) is 25.6 Å². The number of benzene rings is 2. The third kappa shape index (κ3) is 2.98. The van der Waals surface area contributed by atoms with Gasteiger partial charge in [0.15, 0.2) is 5.71 Å². The Morgan fingerprint density at radius 3 is 2.38 bits per heavy atom. The number of carbonyl (C=O) groups is 3. The lowest BCUT2D eigenvalue weighted by atomic mass is 9.98. The number of imide groups is 1. The molecule has 8 nitrogen and oxygen atoms in total. The SMILES string of the molecule is COC(=O)C1=NN(c2ccc(Br)cc2)[C@@H]2C(=O)N(c3ccccc3OC)C(=O)[C@H]12. The monoisotopic (exact) mass is 457 g/mol. The van der Waals surface area contributed by atoms with Crippen molar-refractivity contribution >= 4 is 50.8 Å². The third-order valence-electron chi connectivity index (χ3n) is 4.86. The number of carbonyl (C=O) groups excluding carboxylic acids is 3. The van der Waals surface area contributed by atoms with Crippen LogP contribution in [0.3, 0.4) is 0 Å². The second kappa shape index (κ2) is 7.32. The summed E-state index contributed by atoms with van der Waals surface area (Å²) < 4.78 is 11.0. The largest absolute Gasteiger partial charge is 0.495 e. The van der Waals surface area contributed by atoms with Crippen molar-refractivity contribution in [1.82, 2.24) is 0 Å². The molecule has 2 aliphatic heterocycles. The Morgan fingerprint density at radius 1 is 1.03 bits per heavy atom. The van der Waals surface area contributed by atoms with Crippen LogP contribution in [0.15, 0.2) is 58.1 Å². The van der Waals surface area contributed by atoms with E-state index in [1.807, 2.05) is 0 Å². The number of hydrazone groups is 1. The zero-order valence-electron chi connectivity index (χ0n) is 15.5. The molecule has 2 aromatic rings. The molecule has 2 heterocycles. The average molecular weight is 458 g/mol. The maximum absolute atomic E-state index is 13.3. The first-order valence-corrected chi connectivity index (χ1v) is 9.49. The summed E-state index contributed by atoms with van der Waals surface area (Å²) in [4.78, 5) is 40.0. The van der Waals surface area contributed by atoms with Crippen LogP contribution in [0.5, 0.6) is 5.75 Å². The summed E-state index contributed by atoms with van der Waals surface area (Å²) in [6.07, 6.45) is 0. The molecule has 0 radical (unpaired) electrons. The van der Waals surface area contributed by atoms with Crippen molar-refractivity contribution in [1.29, 1.82) is 0 Å². The zero-order valence-corrected chi connectivity index (χ0v) is 17.1. The van der Waals surface area contributed by atoms with Crippen molar-refractivity contribution in [3.8, 4) is 5.75 Å². The van der Waals surface area contributed by atoms with Gasteiger partial charge in [-0.3, -0.25) is 14.6 Å². The smallest absolute Gasteiger partial charge is 0.355 e. The van der Waals surface area contributed by atoms with E-state index in [1.54, 1.807) is 48.5 Å². The van der Waals surface area contributed by atoms with E-state index >= 15 is 0 Å². The summed E-state index contributed by atoms with van der Waals surface area (Å²) in [6, 6.07) is 12.8. The second-order valence-electron chi connectivity index (χ2n) is 6.40. The highest BCUT2D eigenvalue weighted by Crippen LogP contribution is 2.40. The highest BCUT2D eigenvalue weighted by molar-refractivity contribution is 9.10. The minimum absolute atomic E-state index is 0.101. The molecular weight excluding hydrogens is 442 g/mol. The number of nitrogens with zero attached hydrogens (tertiary/aromatic N) is 3. The highest BCUT2D eigenvalue weighted by atomic mass is 79.9. The van der Waals surface area contributed by atoms with Crippen LogP contribution in [-0.4, -0.2) is 43.8 Å². The summed E-state index contributed by atoms with van der Waals surface area (Å²) in [7, 11) is 2.67. The summed E-state index contributed by atoms with van der Waals surface area (Å²) in [5, 5.41) is 5.68. The Bertz CT molecular complexity index is 1040.